The van der Waals surface area contributed by atoms with Crippen molar-refractivity contribution in [2.45, 2.75) is 78.6 Å². The summed E-state index contributed by atoms with van der Waals surface area (Å²) in [6.07, 6.45) is -0.0438. The molecule has 1 aliphatic heterocycles. The molecule has 0 saturated carbocycles. The van der Waals surface area contributed by atoms with Crippen molar-refractivity contribution in [1.29, 1.82) is 0 Å². The van der Waals surface area contributed by atoms with E-state index in [2.05, 4.69) is 32.4 Å². The van der Waals surface area contributed by atoms with Crippen molar-refractivity contribution in [1.82, 2.24) is 9.62 Å². The Labute approximate surface area is 144 Å². The third kappa shape index (κ3) is 5.00. The lowest BCUT2D eigenvalue weighted by Gasteiger charge is -2.50. The summed E-state index contributed by atoms with van der Waals surface area (Å²) in [6.45, 7) is 17.0. The van der Waals surface area contributed by atoms with E-state index < -0.39 is 17.5 Å². The molecular formula is C17H34N2O3S. The maximum Gasteiger partial charge on any atom is 0.407 e. The molecule has 1 heterocycles. The van der Waals surface area contributed by atoms with Crippen molar-refractivity contribution < 1.29 is 14.5 Å². The van der Waals surface area contributed by atoms with Crippen LogP contribution in [0, 0.1) is 17.3 Å². The molecule has 0 aliphatic carbocycles. The summed E-state index contributed by atoms with van der Waals surface area (Å²) in [4.78, 5) is 13.0. The second kappa shape index (κ2) is 7.19. The van der Waals surface area contributed by atoms with Gasteiger partial charge in [0.05, 0.1) is 6.04 Å². The molecule has 2 N–H and O–H groups in total. The first kappa shape index (κ1) is 20.6. The van der Waals surface area contributed by atoms with Crippen molar-refractivity contribution >= 4 is 17.5 Å². The summed E-state index contributed by atoms with van der Waals surface area (Å²) in [5.74, 6) is 0.513. The fourth-order valence-electron chi connectivity index (χ4n) is 3.85. The van der Waals surface area contributed by atoms with E-state index in [0.29, 0.717) is 12.5 Å². The van der Waals surface area contributed by atoms with Crippen LogP contribution in [0.4, 0.5) is 4.79 Å². The summed E-state index contributed by atoms with van der Waals surface area (Å²) in [5.41, 5.74) is -0.0165. The van der Waals surface area contributed by atoms with Crippen LogP contribution in [0.5, 0.6) is 0 Å². The Hall–Kier alpha value is -0.460. The number of hydrogen-bond donors (Lipinski definition) is 2. The van der Waals surface area contributed by atoms with Gasteiger partial charge in [-0.25, -0.2) is 4.79 Å². The zero-order valence-corrected chi connectivity index (χ0v) is 16.7. The molecule has 1 aliphatic rings. The van der Waals surface area contributed by atoms with Crippen LogP contribution in [0.2, 0.25) is 0 Å². The first-order chi connectivity index (χ1) is 10.3. The Morgan fingerprint density at radius 3 is 2.22 bits per heavy atom. The number of nitrogens with one attached hydrogen (secondary N) is 1. The van der Waals surface area contributed by atoms with Crippen molar-refractivity contribution in [3.63, 3.8) is 0 Å². The Morgan fingerprint density at radius 1 is 1.30 bits per heavy atom. The van der Waals surface area contributed by atoms with Crippen LogP contribution in [-0.4, -0.2) is 44.0 Å². The molecule has 6 heteroatoms. The molecule has 0 aromatic rings. The highest BCUT2D eigenvalue weighted by Gasteiger charge is 2.46. The van der Waals surface area contributed by atoms with Gasteiger partial charge in [-0.3, -0.25) is 0 Å². The molecule has 5 nitrogen and oxygen atoms in total. The molecule has 1 amide bonds. The van der Waals surface area contributed by atoms with Crippen LogP contribution < -0.4 is 4.72 Å². The lowest BCUT2D eigenvalue weighted by molar-refractivity contribution is -0.00533. The standard InChI is InChI=1S/C17H34N2O3S/c1-11(18-23(22)17(6,7)8)13-9-10-19(15(20)21)12(2)14(13)16(3,4)5/h11-14,18H,9-10H2,1-8H3,(H,20,21)/t11-,12?,13?,14?,23?/m0/s1. The van der Waals surface area contributed by atoms with Crippen LogP contribution >= 0.6 is 0 Å². The minimum Gasteiger partial charge on any atom is -0.598 e. The van der Waals surface area contributed by atoms with Gasteiger partial charge in [0, 0.05) is 23.9 Å². The van der Waals surface area contributed by atoms with Gasteiger partial charge >= 0.3 is 6.09 Å². The number of carboxylic acid groups (broad SMARTS) is 1. The molecule has 0 spiro atoms. The molecule has 0 radical (unpaired) electrons. The number of hydrogen-bond acceptors (Lipinski definition) is 3. The van der Waals surface area contributed by atoms with Gasteiger partial charge in [0.15, 0.2) is 0 Å². The average molecular weight is 347 g/mol. The predicted molar refractivity (Wildman–Crippen MR) is 95.7 cm³/mol. The molecule has 5 atom stereocenters. The number of likely N-dealkylation sites (tertiary alicyclic amines) is 1. The quantitative estimate of drug-likeness (QED) is 0.767. The van der Waals surface area contributed by atoms with Gasteiger partial charge in [-0.2, -0.15) is 0 Å². The molecule has 4 unspecified atom stereocenters. The lowest BCUT2D eigenvalue weighted by atomic mass is 9.64. The van der Waals surface area contributed by atoms with Crippen LogP contribution in [0.3, 0.4) is 0 Å². The number of nitrogens with zero attached hydrogens (tertiary/aromatic N) is 1. The monoisotopic (exact) mass is 346 g/mol. The van der Waals surface area contributed by atoms with E-state index in [1.54, 1.807) is 4.90 Å². The second-order valence-electron chi connectivity index (χ2n) is 8.85. The predicted octanol–water partition coefficient (Wildman–Crippen LogP) is 3.48. The highest BCUT2D eigenvalue weighted by atomic mass is 32.2. The third-order valence-electron chi connectivity index (χ3n) is 4.91. The summed E-state index contributed by atoms with van der Waals surface area (Å²) in [6, 6.07) is 0.0382. The second-order valence-corrected chi connectivity index (χ2v) is 10.8. The van der Waals surface area contributed by atoms with Crippen molar-refractivity contribution in [3.8, 4) is 0 Å². The SMILES string of the molecule is CC1C(C(C)(C)C)C([C@H](C)N[S+]([O-])C(C)(C)C)CCN1C(=O)O. The molecule has 0 bridgehead atoms. The molecule has 23 heavy (non-hydrogen) atoms. The third-order valence-corrected chi connectivity index (χ3v) is 6.61. The number of carbonyl (C=O) groups is 1. The summed E-state index contributed by atoms with van der Waals surface area (Å²) in [5, 5.41) is 9.43. The largest absolute Gasteiger partial charge is 0.598 e. The Morgan fingerprint density at radius 2 is 1.83 bits per heavy atom. The van der Waals surface area contributed by atoms with E-state index in [0.717, 1.165) is 6.42 Å². The van der Waals surface area contributed by atoms with Gasteiger partial charge in [-0.05, 0) is 58.3 Å². The van der Waals surface area contributed by atoms with E-state index in [1.165, 1.54) is 0 Å². The van der Waals surface area contributed by atoms with Crippen LogP contribution in [0.25, 0.3) is 0 Å². The van der Waals surface area contributed by atoms with Crippen LogP contribution in [-0.2, 0) is 11.4 Å². The first-order valence-electron chi connectivity index (χ1n) is 8.44. The molecule has 1 fully saturated rings. The van der Waals surface area contributed by atoms with Crippen molar-refractivity contribution in [2.75, 3.05) is 6.54 Å². The minimum atomic E-state index is -1.12. The van der Waals surface area contributed by atoms with Gasteiger partial charge in [0.2, 0.25) is 0 Å². The highest BCUT2D eigenvalue weighted by molar-refractivity contribution is 7.90. The van der Waals surface area contributed by atoms with Gasteiger partial charge in [-0.1, -0.05) is 20.8 Å². The van der Waals surface area contributed by atoms with E-state index in [-0.39, 0.29) is 28.2 Å². The van der Waals surface area contributed by atoms with Gasteiger partial charge in [-0.15, -0.1) is 4.72 Å². The van der Waals surface area contributed by atoms with E-state index in [9.17, 15) is 14.5 Å². The Bertz CT molecular complexity index is 417. The van der Waals surface area contributed by atoms with Crippen LogP contribution in [0.15, 0.2) is 0 Å². The van der Waals surface area contributed by atoms with Gasteiger partial charge in [0.1, 0.15) is 4.75 Å². The molecule has 0 aromatic carbocycles. The number of rotatable bonds is 3. The fourth-order valence-corrected chi connectivity index (χ4v) is 4.72. The lowest BCUT2D eigenvalue weighted by Crippen LogP contribution is -2.58. The average Bonchev–Trinajstić information content (AvgIpc) is 2.34. The highest BCUT2D eigenvalue weighted by Crippen LogP contribution is 2.43. The molecular weight excluding hydrogens is 312 g/mol. The molecule has 1 rings (SSSR count). The Balaban J connectivity index is 2.98. The summed E-state index contributed by atoms with van der Waals surface area (Å²) >= 11 is -1.12. The van der Waals surface area contributed by atoms with Crippen molar-refractivity contribution in [3.05, 3.63) is 0 Å². The topological polar surface area (TPSA) is 75.6 Å². The number of piperidine rings is 1. The fraction of sp³-hybridized carbons (Fsp3) is 0.941. The maximum atomic E-state index is 12.4. The summed E-state index contributed by atoms with van der Waals surface area (Å²) < 4.78 is 15.4. The minimum absolute atomic E-state index is 0.0165. The van der Waals surface area contributed by atoms with E-state index in [1.807, 2.05) is 27.7 Å². The number of amides is 1. The zero-order chi connectivity index (χ0) is 18.2. The summed E-state index contributed by atoms with van der Waals surface area (Å²) in [7, 11) is 0. The smallest absolute Gasteiger partial charge is 0.407 e. The maximum absolute atomic E-state index is 12.4. The first-order valence-corrected chi connectivity index (χ1v) is 9.59. The van der Waals surface area contributed by atoms with E-state index >= 15 is 0 Å². The van der Waals surface area contributed by atoms with Crippen LogP contribution in [0.1, 0.15) is 61.8 Å². The molecule has 1 saturated heterocycles. The van der Waals surface area contributed by atoms with E-state index in [4.69, 9.17) is 0 Å². The normalized spacial score (nSPS) is 29.3. The van der Waals surface area contributed by atoms with Gasteiger partial charge < -0.3 is 14.6 Å². The molecule has 136 valence electrons. The van der Waals surface area contributed by atoms with Crippen molar-refractivity contribution in [2.24, 2.45) is 17.3 Å². The zero-order valence-electron chi connectivity index (χ0n) is 15.8. The molecule has 0 aromatic heterocycles. The van der Waals surface area contributed by atoms with Gasteiger partial charge in [0.25, 0.3) is 0 Å². The Kier molecular flexibility index (Phi) is 6.44.